The number of rotatable bonds is 4. The van der Waals surface area contributed by atoms with Crippen molar-refractivity contribution < 1.29 is 4.74 Å². The summed E-state index contributed by atoms with van der Waals surface area (Å²) < 4.78 is 5.39. The van der Waals surface area contributed by atoms with Crippen molar-refractivity contribution in [1.29, 1.82) is 0 Å². The third-order valence-electron chi connectivity index (χ3n) is 3.73. The van der Waals surface area contributed by atoms with E-state index in [0.717, 1.165) is 5.92 Å². The molecule has 5 heteroatoms. The predicted octanol–water partition coefficient (Wildman–Crippen LogP) is 2.84. The van der Waals surface area contributed by atoms with Crippen molar-refractivity contribution in [3.05, 3.63) is 6.33 Å². The van der Waals surface area contributed by atoms with Crippen molar-refractivity contribution in [2.24, 2.45) is 5.92 Å². The zero-order valence-corrected chi connectivity index (χ0v) is 11.9. The van der Waals surface area contributed by atoms with Gasteiger partial charge < -0.3 is 15.8 Å². The van der Waals surface area contributed by atoms with E-state index in [0.29, 0.717) is 30.0 Å². The van der Waals surface area contributed by atoms with Gasteiger partial charge in [0.05, 0.1) is 6.61 Å². The van der Waals surface area contributed by atoms with Crippen LogP contribution in [0, 0.1) is 5.92 Å². The van der Waals surface area contributed by atoms with E-state index in [1.165, 1.54) is 38.4 Å². The molecule has 0 saturated heterocycles. The van der Waals surface area contributed by atoms with E-state index in [9.17, 15) is 0 Å². The Labute approximate surface area is 115 Å². The molecular formula is C14H24N4O. The van der Waals surface area contributed by atoms with Gasteiger partial charge in [-0.1, -0.05) is 19.8 Å². The summed E-state index contributed by atoms with van der Waals surface area (Å²) in [4.78, 5) is 8.29. The molecule has 1 fully saturated rings. The van der Waals surface area contributed by atoms with Gasteiger partial charge in [-0.25, -0.2) is 4.98 Å². The zero-order valence-electron chi connectivity index (χ0n) is 11.9. The molecule has 106 valence electrons. The van der Waals surface area contributed by atoms with Gasteiger partial charge in [0.1, 0.15) is 12.0 Å². The van der Waals surface area contributed by atoms with Crippen LogP contribution >= 0.6 is 0 Å². The number of nitrogen functional groups attached to an aromatic ring is 1. The summed E-state index contributed by atoms with van der Waals surface area (Å²) in [6.07, 6.45) is 7.71. The minimum Gasteiger partial charge on any atom is -0.476 e. The smallest absolute Gasteiger partial charge is 0.242 e. The summed E-state index contributed by atoms with van der Waals surface area (Å²) in [6, 6.07) is 0.455. The van der Waals surface area contributed by atoms with Gasteiger partial charge in [0, 0.05) is 6.04 Å². The number of nitrogens with two attached hydrogens (primary N) is 1. The number of nitrogens with zero attached hydrogens (tertiary/aromatic N) is 2. The fourth-order valence-electron chi connectivity index (χ4n) is 2.57. The molecule has 0 amide bonds. The summed E-state index contributed by atoms with van der Waals surface area (Å²) in [5, 5.41) is 3.45. The molecule has 1 aromatic rings. The summed E-state index contributed by atoms with van der Waals surface area (Å²) >= 11 is 0. The minimum atomic E-state index is 0.455. The van der Waals surface area contributed by atoms with Gasteiger partial charge in [-0.3, -0.25) is 0 Å². The summed E-state index contributed by atoms with van der Waals surface area (Å²) in [5.41, 5.74) is 6.56. The van der Waals surface area contributed by atoms with E-state index >= 15 is 0 Å². The van der Waals surface area contributed by atoms with Gasteiger partial charge in [0.15, 0.2) is 5.82 Å². The Hall–Kier alpha value is -1.52. The lowest BCUT2D eigenvalue weighted by atomic mass is 10.0. The normalized spacial score (nSPS) is 23.7. The van der Waals surface area contributed by atoms with Crippen molar-refractivity contribution in [3.63, 3.8) is 0 Å². The maximum Gasteiger partial charge on any atom is 0.242 e. The molecule has 0 bridgehead atoms. The zero-order chi connectivity index (χ0) is 13.7. The largest absolute Gasteiger partial charge is 0.476 e. The molecule has 1 aliphatic rings. The second-order valence-electron chi connectivity index (χ2n) is 5.33. The highest BCUT2D eigenvalue weighted by Crippen LogP contribution is 2.29. The Morgan fingerprint density at radius 1 is 1.32 bits per heavy atom. The molecule has 2 atom stereocenters. The number of hydrogen-bond acceptors (Lipinski definition) is 5. The number of aromatic nitrogens is 2. The van der Waals surface area contributed by atoms with Gasteiger partial charge in [0.25, 0.3) is 0 Å². The molecule has 2 unspecified atom stereocenters. The van der Waals surface area contributed by atoms with Crippen LogP contribution < -0.4 is 15.8 Å². The first-order chi connectivity index (χ1) is 9.20. The first kappa shape index (κ1) is 13.9. The molecule has 1 heterocycles. The highest BCUT2D eigenvalue weighted by molar-refractivity contribution is 5.66. The summed E-state index contributed by atoms with van der Waals surface area (Å²) in [6.45, 7) is 4.80. The molecule has 0 radical (unpaired) electrons. The van der Waals surface area contributed by atoms with Crippen LogP contribution in [0.1, 0.15) is 46.0 Å². The van der Waals surface area contributed by atoms with E-state index in [-0.39, 0.29) is 0 Å². The molecule has 0 spiro atoms. The number of anilines is 2. The minimum absolute atomic E-state index is 0.455. The molecule has 1 aromatic heterocycles. The van der Waals surface area contributed by atoms with Crippen molar-refractivity contribution in [2.45, 2.75) is 52.0 Å². The molecule has 5 nitrogen and oxygen atoms in total. The van der Waals surface area contributed by atoms with Gasteiger partial charge >= 0.3 is 0 Å². The molecule has 0 aliphatic heterocycles. The second kappa shape index (κ2) is 6.59. The standard InChI is InChI=1S/C14H24N4O/c1-3-19-14-12(15)13(16-9-17-14)18-11-6-4-5-10(2)7-8-11/h9-11H,3-8,15H2,1-2H3,(H,16,17,18). The fraction of sp³-hybridized carbons (Fsp3) is 0.714. The van der Waals surface area contributed by atoms with Gasteiger partial charge in [0.2, 0.25) is 5.88 Å². The topological polar surface area (TPSA) is 73.1 Å². The lowest BCUT2D eigenvalue weighted by Crippen LogP contribution is -2.20. The van der Waals surface area contributed by atoms with Crippen molar-refractivity contribution in [2.75, 3.05) is 17.7 Å². The maximum absolute atomic E-state index is 6.04. The highest BCUT2D eigenvalue weighted by Gasteiger charge is 2.18. The Bertz CT molecular complexity index is 410. The number of hydrogen-bond donors (Lipinski definition) is 2. The van der Waals surface area contributed by atoms with Crippen LogP contribution in [0.4, 0.5) is 11.5 Å². The van der Waals surface area contributed by atoms with E-state index in [1.54, 1.807) is 0 Å². The van der Waals surface area contributed by atoms with Crippen LogP contribution in [-0.2, 0) is 0 Å². The average Bonchev–Trinajstić information content (AvgIpc) is 2.60. The fourth-order valence-corrected chi connectivity index (χ4v) is 2.57. The number of ether oxygens (including phenoxy) is 1. The van der Waals surface area contributed by atoms with Crippen molar-refractivity contribution in [1.82, 2.24) is 9.97 Å². The highest BCUT2D eigenvalue weighted by atomic mass is 16.5. The molecule has 1 saturated carbocycles. The van der Waals surface area contributed by atoms with Crippen LogP contribution in [0.15, 0.2) is 6.33 Å². The summed E-state index contributed by atoms with van der Waals surface area (Å²) in [7, 11) is 0. The van der Waals surface area contributed by atoms with E-state index in [4.69, 9.17) is 10.5 Å². The predicted molar refractivity (Wildman–Crippen MR) is 77.3 cm³/mol. The monoisotopic (exact) mass is 264 g/mol. The van der Waals surface area contributed by atoms with E-state index in [1.807, 2.05) is 6.92 Å². The molecule has 2 rings (SSSR count). The molecule has 1 aliphatic carbocycles. The third-order valence-corrected chi connectivity index (χ3v) is 3.73. The Morgan fingerprint density at radius 2 is 2.16 bits per heavy atom. The lowest BCUT2D eigenvalue weighted by molar-refractivity contribution is 0.328. The van der Waals surface area contributed by atoms with Gasteiger partial charge in [-0.2, -0.15) is 4.98 Å². The maximum atomic E-state index is 6.04. The van der Waals surface area contributed by atoms with E-state index in [2.05, 4.69) is 22.2 Å². The van der Waals surface area contributed by atoms with Gasteiger partial charge in [-0.15, -0.1) is 0 Å². The summed E-state index contributed by atoms with van der Waals surface area (Å²) in [5.74, 6) is 2.01. The molecular weight excluding hydrogens is 240 g/mol. The van der Waals surface area contributed by atoms with Crippen LogP contribution in [0.2, 0.25) is 0 Å². The van der Waals surface area contributed by atoms with Crippen LogP contribution in [0.3, 0.4) is 0 Å². The first-order valence-corrected chi connectivity index (χ1v) is 7.20. The Morgan fingerprint density at radius 3 is 2.95 bits per heavy atom. The van der Waals surface area contributed by atoms with Crippen molar-refractivity contribution >= 4 is 11.5 Å². The Balaban J connectivity index is 2.04. The first-order valence-electron chi connectivity index (χ1n) is 7.20. The van der Waals surface area contributed by atoms with Crippen LogP contribution in [0.5, 0.6) is 5.88 Å². The van der Waals surface area contributed by atoms with Crippen LogP contribution in [-0.4, -0.2) is 22.6 Å². The average molecular weight is 264 g/mol. The van der Waals surface area contributed by atoms with Gasteiger partial charge in [-0.05, 0) is 32.1 Å². The van der Waals surface area contributed by atoms with E-state index < -0.39 is 0 Å². The lowest BCUT2D eigenvalue weighted by Gasteiger charge is -2.18. The number of nitrogens with one attached hydrogen (secondary N) is 1. The second-order valence-corrected chi connectivity index (χ2v) is 5.33. The van der Waals surface area contributed by atoms with Crippen molar-refractivity contribution in [3.8, 4) is 5.88 Å². The van der Waals surface area contributed by atoms with Crippen LogP contribution in [0.25, 0.3) is 0 Å². The molecule has 19 heavy (non-hydrogen) atoms. The Kier molecular flexibility index (Phi) is 4.82. The SMILES string of the molecule is CCOc1ncnc(NC2CCCC(C)CC2)c1N. The molecule has 0 aromatic carbocycles. The molecule has 3 N–H and O–H groups in total. The quantitative estimate of drug-likeness (QED) is 0.818. The third kappa shape index (κ3) is 3.72.